The first-order valence-electron chi connectivity index (χ1n) is 6.52. The highest BCUT2D eigenvalue weighted by molar-refractivity contribution is 5.70. The maximum Gasteiger partial charge on any atom is 0.306 e. The van der Waals surface area contributed by atoms with Crippen molar-refractivity contribution in [2.45, 2.75) is 32.3 Å². The number of carbonyl (C=O) groups excluding carboxylic acids is 1. The van der Waals surface area contributed by atoms with Gasteiger partial charge in [-0.05, 0) is 43.4 Å². The van der Waals surface area contributed by atoms with Crippen molar-refractivity contribution in [2.75, 3.05) is 14.2 Å². The number of esters is 1. The Hall–Kier alpha value is -1.71. The van der Waals surface area contributed by atoms with E-state index in [0.29, 0.717) is 12.3 Å². The first-order valence-corrected chi connectivity index (χ1v) is 6.52. The molecule has 1 heterocycles. The van der Waals surface area contributed by atoms with Gasteiger partial charge in [-0.25, -0.2) is 0 Å². The van der Waals surface area contributed by atoms with E-state index in [9.17, 15) is 4.79 Å². The van der Waals surface area contributed by atoms with E-state index in [0.717, 1.165) is 29.9 Å². The zero-order chi connectivity index (χ0) is 13.8. The van der Waals surface area contributed by atoms with Gasteiger partial charge in [-0.3, -0.25) is 4.79 Å². The Kier molecular flexibility index (Phi) is 4.30. The molecule has 2 atom stereocenters. The van der Waals surface area contributed by atoms with Crippen molar-refractivity contribution in [3.63, 3.8) is 0 Å². The van der Waals surface area contributed by atoms with Crippen LogP contribution < -0.4 is 9.47 Å². The summed E-state index contributed by atoms with van der Waals surface area (Å²) < 4.78 is 15.7. The minimum atomic E-state index is -0.0985. The second-order valence-corrected chi connectivity index (χ2v) is 5.03. The normalized spacial score (nSPS) is 22.8. The van der Waals surface area contributed by atoms with Crippen LogP contribution in [0.2, 0.25) is 0 Å². The van der Waals surface area contributed by atoms with Gasteiger partial charge < -0.3 is 14.2 Å². The minimum Gasteiger partial charge on any atom is -0.497 e. The van der Waals surface area contributed by atoms with Crippen LogP contribution in [0, 0.1) is 5.92 Å². The van der Waals surface area contributed by atoms with Crippen molar-refractivity contribution in [1.29, 1.82) is 0 Å². The molecule has 0 radical (unpaired) electrons. The van der Waals surface area contributed by atoms with E-state index in [1.807, 2.05) is 25.1 Å². The maximum absolute atomic E-state index is 11.4. The summed E-state index contributed by atoms with van der Waals surface area (Å²) in [6, 6.07) is 5.83. The average molecular weight is 264 g/mol. The first kappa shape index (κ1) is 13.7. The minimum absolute atomic E-state index is 0.0127. The van der Waals surface area contributed by atoms with Crippen molar-refractivity contribution < 1.29 is 19.0 Å². The molecule has 1 aromatic rings. The van der Waals surface area contributed by atoms with Crippen molar-refractivity contribution in [2.24, 2.45) is 5.92 Å². The van der Waals surface area contributed by atoms with Crippen molar-refractivity contribution in [3.8, 4) is 11.5 Å². The third-order valence-electron chi connectivity index (χ3n) is 3.39. The van der Waals surface area contributed by atoms with Crippen LogP contribution in [0.1, 0.15) is 25.3 Å². The van der Waals surface area contributed by atoms with Crippen molar-refractivity contribution >= 4 is 5.97 Å². The number of rotatable bonds is 4. The molecule has 4 nitrogen and oxygen atoms in total. The van der Waals surface area contributed by atoms with Crippen LogP contribution in [0.4, 0.5) is 0 Å². The van der Waals surface area contributed by atoms with Gasteiger partial charge >= 0.3 is 5.97 Å². The Balaban J connectivity index is 2.11. The Morgan fingerprint density at radius 2 is 1.84 bits per heavy atom. The maximum atomic E-state index is 11.4. The van der Waals surface area contributed by atoms with Gasteiger partial charge in [-0.15, -0.1) is 0 Å². The second-order valence-electron chi connectivity index (χ2n) is 5.03. The molecule has 1 aliphatic heterocycles. The molecule has 1 aromatic carbocycles. The fraction of sp³-hybridized carbons (Fsp3) is 0.533. The van der Waals surface area contributed by atoms with E-state index >= 15 is 0 Å². The molecule has 0 aliphatic carbocycles. The zero-order valence-electron chi connectivity index (χ0n) is 11.6. The quantitative estimate of drug-likeness (QED) is 0.784. The summed E-state index contributed by atoms with van der Waals surface area (Å²) in [5.41, 5.74) is 1.13. The highest BCUT2D eigenvalue weighted by atomic mass is 16.5. The second kappa shape index (κ2) is 5.95. The van der Waals surface area contributed by atoms with Gasteiger partial charge in [0.1, 0.15) is 11.5 Å². The number of hydrogen-bond donors (Lipinski definition) is 0. The van der Waals surface area contributed by atoms with Crippen LogP contribution in [-0.2, 0) is 16.0 Å². The molecular weight excluding hydrogens is 244 g/mol. The van der Waals surface area contributed by atoms with E-state index in [-0.39, 0.29) is 12.1 Å². The van der Waals surface area contributed by atoms with Crippen LogP contribution in [0.5, 0.6) is 11.5 Å². The summed E-state index contributed by atoms with van der Waals surface area (Å²) in [4.78, 5) is 11.4. The Bertz CT molecular complexity index is 433. The summed E-state index contributed by atoms with van der Waals surface area (Å²) in [6.07, 6.45) is 2.25. The molecule has 2 rings (SSSR count). The molecule has 104 valence electrons. The lowest BCUT2D eigenvalue weighted by atomic mass is 9.89. The van der Waals surface area contributed by atoms with E-state index in [1.165, 1.54) is 0 Å². The summed E-state index contributed by atoms with van der Waals surface area (Å²) in [7, 11) is 3.28. The number of carbonyl (C=O) groups is 1. The fourth-order valence-electron chi connectivity index (χ4n) is 2.58. The lowest BCUT2D eigenvalue weighted by Crippen LogP contribution is -2.28. The fourth-order valence-corrected chi connectivity index (χ4v) is 2.58. The van der Waals surface area contributed by atoms with Gasteiger partial charge in [0.25, 0.3) is 0 Å². The van der Waals surface area contributed by atoms with Gasteiger partial charge in [-0.2, -0.15) is 0 Å². The van der Waals surface area contributed by atoms with E-state index in [2.05, 4.69) is 0 Å². The molecule has 19 heavy (non-hydrogen) atoms. The van der Waals surface area contributed by atoms with Crippen LogP contribution in [-0.4, -0.2) is 26.3 Å². The van der Waals surface area contributed by atoms with Crippen LogP contribution >= 0.6 is 0 Å². The number of cyclic esters (lactones) is 1. The van der Waals surface area contributed by atoms with E-state index in [4.69, 9.17) is 14.2 Å². The lowest BCUT2D eigenvalue weighted by Gasteiger charge is -2.26. The molecule has 1 fully saturated rings. The Morgan fingerprint density at radius 3 is 2.37 bits per heavy atom. The third kappa shape index (κ3) is 3.63. The molecule has 0 amide bonds. The molecule has 4 heteroatoms. The topological polar surface area (TPSA) is 44.8 Å². The van der Waals surface area contributed by atoms with Crippen LogP contribution in [0.15, 0.2) is 18.2 Å². The van der Waals surface area contributed by atoms with Crippen LogP contribution in [0.3, 0.4) is 0 Å². The van der Waals surface area contributed by atoms with Gasteiger partial charge in [0.2, 0.25) is 0 Å². The Morgan fingerprint density at radius 1 is 1.21 bits per heavy atom. The summed E-state index contributed by atoms with van der Waals surface area (Å²) in [5, 5.41) is 0. The molecule has 1 aliphatic rings. The van der Waals surface area contributed by atoms with Crippen molar-refractivity contribution in [3.05, 3.63) is 23.8 Å². The monoisotopic (exact) mass is 264 g/mol. The standard InChI is InChI=1S/C15H20O4/c1-10-4-11(8-15(16)19-10)5-12-6-13(17-2)9-14(7-12)18-3/h6-7,9-11H,4-5,8H2,1-3H3/t10-,11-/m1/s1. The Labute approximate surface area is 113 Å². The number of hydrogen-bond acceptors (Lipinski definition) is 4. The van der Waals surface area contributed by atoms with Gasteiger partial charge in [0, 0.05) is 12.5 Å². The molecule has 0 spiro atoms. The number of methoxy groups -OCH3 is 2. The van der Waals surface area contributed by atoms with Gasteiger partial charge in [0.05, 0.1) is 20.3 Å². The van der Waals surface area contributed by atoms with E-state index in [1.54, 1.807) is 14.2 Å². The number of ether oxygens (including phenoxy) is 3. The summed E-state index contributed by atoms with van der Waals surface area (Å²) in [6.45, 7) is 1.94. The molecule has 1 saturated heterocycles. The van der Waals surface area contributed by atoms with Crippen LogP contribution in [0.25, 0.3) is 0 Å². The SMILES string of the molecule is COc1cc(C[C@@H]2CC(=O)O[C@H](C)C2)cc(OC)c1. The average Bonchev–Trinajstić information content (AvgIpc) is 2.37. The summed E-state index contributed by atoms with van der Waals surface area (Å²) in [5.74, 6) is 1.79. The third-order valence-corrected chi connectivity index (χ3v) is 3.39. The molecule has 0 unspecified atom stereocenters. The predicted octanol–water partition coefficient (Wildman–Crippen LogP) is 2.59. The predicted molar refractivity (Wildman–Crippen MR) is 71.5 cm³/mol. The van der Waals surface area contributed by atoms with Gasteiger partial charge in [0.15, 0.2) is 0 Å². The molecule has 0 saturated carbocycles. The molecule has 0 aromatic heterocycles. The smallest absolute Gasteiger partial charge is 0.306 e. The first-order chi connectivity index (χ1) is 9.10. The molecular formula is C15H20O4. The number of benzene rings is 1. The van der Waals surface area contributed by atoms with Gasteiger partial charge in [-0.1, -0.05) is 0 Å². The zero-order valence-corrected chi connectivity index (χ0v) is 11.6. The highest BCUT2D eigenvalue weighted by Crippen LogP contribution is 2.28. The van der Waals surface area contributed by atoms with E-state index < -0.39 is 0 Å². The largest absolute Gasteiger partial charge is 0.497 e. The summed E-state index contributed by atoms with van der Waals surface area (Å²) >= 11 is 0. The molecule has 0 bridgehead atoms. The molecule has 0 N–H and O–H groups in total. The van der Waals surface area contributed by atoms with Crippen molar-refractivity contribution in [1.82, 2.24) is 0 Å². The lowest BCUT2D eigenvalue weighted by molar-refractivity contribution is -0.155. The highest BCUT2D eigenvalue weighted by Gasteiger charge is 2.26.